The number of carbonyl (C=O) groups excluding carboxylic acids is 1. The number of rotatable bonds is 3. The molecule has 0 bridgehead atoms. The van der Waals surface area contributed by atoms with Gasteiger partial charge in [0.2, 0.25) is 0 Å². The molecule has 1 aromatic carbocycles. The van der Waals surface area contributed by atoms with E-state index in [1.54, 1.807) is 0 Å². The summed E-state index contributed by atoms with van der Waals surface area (Å²) in [4.78, 5) is 24.9. The number of carboxylic acid groups (broad SMARTS) is 1. The van der Waals surface area contributed by atoms with E-state index in [1.807, 2.05) is 0 Å². The fourth-order valence-corrected chi connectivity index (χ4v) is 3.11. The highest BCUT2D eigenvalue weighted by atomic mass is 19.4. The maximum atomic E-state index is 13.6. The summed E-state index contributed by atoms with van der Waals surface area (Å²) in [5, 5.41) is 12.7. The monoisotopic (exact) mass is 385 g/mol. The largest absolute Gasteiger partial charge is 0.481 e. The molecule has 27 heavy (non-hydrogen) atoms. The van der Waals surface area contributed by atoms with E-state index in [0.29, 0.717) is 17.5 Å². The van der Waals surface area contributed by atoms with E-state index in [-0.39, 0.29) is 18.8 Å². The van der Waals surface area contributed by atoms with Crippen molar-refractivity contribution in [3.63, 3.8) is 0 Å². The highest BCUT2D eigenvalue weighted by Crippen LogP contribution is 2.34. The van der Waals surface area contributed by atoms with Gasteiger partial charge < -0.3 is 10.0 Å². The van der Waals surface area contributed by atoms with Crippen LogP contribution in [0.4, 0.5) is 17.6 Å². The Labute approximate surface area is 151 Å². The first-order chi connectivity index (χ1) is 12.7. The van der Waals surface area contributed by atoms with E-state index >= 15 is 0 Å². The Morgan fingerprint density at radius 2 is 2.00 bits per heavy atom. The number of halogens is 4. The average Bonchev–Trinajstić information content (AvgIpc) is 3.06. The molecule has 0 saturated carbocycles. The van der Waals surface area contributed by atoms with E-state index in [0.717, 1.165) is 23.2 Å². The molecule has 10 heteroatoms. The molecule has 1 fully saturated rings. The molecule has 6 nitrogen and oxygen atoms in total. The minimum atomic E-state index is -4.92. The van der Waals surface area contributed by atoms with Crippen molar-refractivity contribution in [3.05, 3.63) is 47.5 Å². The standard InChI is InChI=1S/C17H15F4N3O3/c18-11-4-1-5-12(7-11)24-14(17(19,20)21)13(8-22-24)15(25)23-6-2-3-10(9-23)16(26)27/h1,4-5,7-8,10H,2-3,6,9H2,(H,26,27). The van der Waals surface area contributed by atoms with Crippen LogP contribution in [0.2, 0.25) is 0 Å². The van der Waals surface area contributed by atoms with Crippen molar-refractivity contribution >= 4 is 11.9 Å². The van der Waals surface area contributed by atoms with E-state index in [1.165, 1.54) is 12.1 Å². The SMILES string of the molecule is O=C(O)C1CCCN(C(=O)c2cnn(-c3cccc(F)c3)c2C(F)(F)F)C1. The van der Waals surface area contributed by atoms with E-state index in [2.05, 4.69) is 5.10 Å². The molecule has 0 aliphatic carbocycles. The first-order valence-corrected chi connectivity index (χ1v) is 8.11. The molecule has 0 spiro atoms. The first-order valence-electron chi connectivity index (χ1n) is 8.11. The number of aromatic nitrogens is 2. The fraction of sp³-hybridized carbons (Fsp3) is 0.353. The Kier molecular flexibility index (Phi) is 4.90. The van der Waals surface area contributed by atoms with Gasteiger partial charge in [-0.3, -0.25) is 9.59 Å². The molecule has 3 rings (SSSR count). The first kappa shape index (κ1) is 18.9. The molecular formula is C17H15F4N3O3. The third kappa shape index (κ3) is 3.79. The molecule has 2 aromatic rings. The van der Waals surface area contributed by atoms with Crippen molar-refractivity contribution in [2.75, 3.05) is 13.1 Å². The van der Waals surface area contributed by atoms with Crippen molar-refractivity contribution in [2.45, 2.75) is 19.0 Å². The van der Waals surface area contributed by atoms with Crippen molar-refractivity contribution in [3.8, 4) is 5.69 Å². The second-order valence-electron chi connectivity index (χ2n) is 6.22. The Morgan fingerprint density at radius 3 is 2.63 bits per heavy atom. The quantitative estimate of drug-likeness (QED) is 0.825. The van der Waals surface area contributed by atoms with E-state index in [4.69, 9.17) is 5.11 Å². The van der Waals surface area contributed by atoms with Gasteiger partial charge in [-0.25, -0.2) is 9.07 Å². The fourth-order valence-electron chi connectivity index (χ4n) is 3.11. The number of alkyl halides is 3. The number of hydrogen-bond acceptors (Lipinski definition) is 3. The Bertz CT molecular complexity index is 879. The topological polar surface area (TPSA) is 75.4 Å². The Balaban J connectivity index is 2.01. The average molecular weight is 385 g/mol. The summed E-state index contributed by atoms with van der Waals surface area (Å²) >= 11 is 0. The summed E-state index contributed by atoms with van der Waals surface area (Å²) in [6.45, 7) is -0.0122. The molecule has 1 aliphatic heterocycles. The highest BCUT2D eigenvalue weighted by molar-refractivity contribution is 5.95. The molecule has 2 heterocycles. The lowest BCUT2D eigenvalue weighted by molar-refractivity contribution is -0.144. The van der Waals surface area contributed by atoms with Gasteiger partial charge in [-0.15, -0.1) is 0 Å². The Hall–Kier alpha value is -2.91. The van der Waals surface area contributed by atoms with Crippen LogP contribution >= 0.6 is 0 Å². The molecule has 1 atom stereocenters. The zero-order valence-electron chi connectivity index (χ0n) is 13.9. The molecular weight excluding hydrogens is 370 g/mol. The van der Waals surface area contributed by atoms with Crippen LogP contribution in [-0.4, -0.2) is 44.8 Å². The zero-order chi connectivity index (χ0) is 19.8. The third-order valence-electron chi connectivity index (χ3n) is 4.38. The number of carboxylic acids is 1. The molecule has 1 N–H and O–H groups in total. The van der Waals surface area contributed by atoms with Gasteiger partial charge in [-0.1, -0.05) is 6.07 Å². The van der Waals surface area contributed by atoms with Crippen molar-refractivity contribution < 1.29 is 32.3 Å². The van der Waals surface area contributed by atoms with Gasteiger partial charge in [0.25, 0.3) is 5.91 Å². The number of aliphatic carboxylic acids is 1. The second-order valence-corrected chi connectivity index (χ2v) is 6.22. The van der Waals surface area contributed by atoms with Gasteiger partial charge in [0.15, 0.2) is 5.69 Å². The molecule has 1 aliphatic rings. The molecule has 1 aromatic heterocycles. The lowest BCUT2D eigenvalue weighted by Crippen LogP contribution is -2.42. The summed E-state index contributed by atoms with van der Waals surface area (Å²) in [6, 6.07) is 4.42. The lowest BCUT2D eigenvalue weighted by atomic mass is 9.97. The summed E-state index contributed by atoms with van der Waals surface area (Å²) in [6.07, 6.45) is -3.41. The lowest BCUT2D eigenvalue weighted by Gasteiger charge is -2.30. The van der Waals surface area contributed by atoms with Gasteiger partial charge in [-0.05, 0) is 31.0 Å². The number of hydrogen-bond donors (Lipinski definition) is 1. The van der Waals surface area contributed by atoms with Crippen molar-refractivity contribution in [2.24, 2.45) is 5.92 Å². The van der Waals surface area contributed by atoms with Crippen LogP contribution in [0.1, 0.15) is 28.9 Å². The minimum Gasteiger partial charge on any atom is -0.481 e. The molecule has 1 saturated heterocycles. The van der Waals surface area contributed by atoms with Crippen molar-refractivity contribution in [1.82, 2.24) is 14.7 Å². The summed E-state index contributed by atoms with van der Waals surface area (Å²) in [5.41, 5.74) is -2.20. The van der Waals surface area contributed by atoms with Gasteiger partial charge in [-0.2, -0.15) is 18.3 Å². The molecule has 0 radical (unpaired) electrons. The molecule has 1 amide bonds. The normalized spacial score (nSPS) is 17.8. The van der Waals surface area contributed by atoms with Crippen molar-refractivity contribution in [1.29, 1.82) is 0 Å². The highest BCUT2D eigenvalue weighted by Gasteiger charge is 2.42. The van der Waals surface area contributed by atoms with Gasteiger partial charge in [0.1, 0.15) is 5.82 Å². The van der Waals surface area contributed by atoms with Crippen LogP contribution in [0.25, 0.3) is 5.69 Å². The molecule has 1 unspecified atom stereocenters. The number of benzene rings is 1. The Morgan fingerprint density at radius 1 is 1.26 bits per heavy atom. The maximum absolute atomic E-state index is 13.6. The van der Waals surface area contributed by atoms with Gasteiger partial charge in [0, 0.05) is 13.1 Å². The second kappa shape index (κ2) is 7.01. The number of carbonyl (C=O) groups is 2. The smallest absolute Gasteiger partial charge is 0.434 e. The summed E-state index contributed by atoms with van der Waals surface area (Å²) in [5.74, 6) is -3.62. The van der Waals surface area contributed by atoms with Crippen LogP contribution in [0.15, 0.2) is 30.5 Å². The van der Waals surface area contributed by atoms with Crippen LogP contribution < -0.4 is 0 Å². The maximum Gasteiger partial charge on any atom is 0.434 e. The van der Waals surface area contributed by atoms with E-state index < -0.39 is 41.0 Å². The number of nitrogens with zero attached hydrogens (tertiary/aromatic N) is 3. The number of piperidine rings is 1. The van der Waals surface area contributed by atoms with Crippen LogP contribution in [0.3, 0.4) is 0 Å². The van der Waals surface area contributed by atoms with Crippen LogP contribution in [0, 0.1) is 11.7 Å². The molecule has 144 valence electrons. The summed E-state index contributed by atoms with van der Waals surface area (Å²) < 4.78 is 54.8. The number of amides is 1. The van der Waals surface area contributed by atoms with Gasteiger partial charge in [0.05, 0.1) is 23.4 Å². The van der Waals surface area contributed by atoms with Crippen LogP contribution in [-0.2, 0) is 11.0 Å². The van der Waals surface area contributed by atoms with Gasteiger partial charge >= 0.3 is 12.1 Å². The zero-order valence-corrected chi connectivity index (χ0v) is 13.9. The third-order valence-corrected chi connectivity index (χ3v) is 4.38. The summed E-state index contributed by atoms with van der Waals surface area (Å²) in [7, 11) is 0. The number of likely N-dealkylation sites (tertiary alicyclic amines) is 1. The van der Waals surface area contributed by atoms with E-state index in [9.17, 15) is 27.2 Å². The predicted molar refractivity (Wildman–Crippen MR) is 84.8 cm³/mol. The predicted octanol–water partition coefficient (Wildman–Crippen LogP) is 2.97. The minimum absolute atomic E-state index is 0.158. The van der Waals surface area contributed by atoms with Crippen LogP contribution in [0.5, 0.6) is 0 Å².